The van der Waals surface area contributed by atoms with Crippen LogP contribution in [0.3, 0.4) is 0 Å². The van der Waals surface area contributed by atoms with Crippen LogP contribution in [0.4, 0.5) is 4.39 Å². The quantitative estimate of drug-likeness (QED) is 0.754. The zero-order valence-electron chi connectivity index (χ0n) is 8.30. The lowest BCUT2D eigenvalue weighted by Gasteiger charge is -2.05. The maximum atomic E-state index is 13.0. The highest BCUT2D eigenvalue weighted by Crippen LogP contribution is 2.21. The van der Waals surface area contributed by atoms with Crippen molar-refractivity contribution in [3.63, 3.8) is 0 Å². The van der Waals surface area contributed by atoms with Crippen molar-refractivity contribution < 1.29 is 4.39 Å². The van der Waals surface area contributed by atoms with Gasteiger partial charge < -0.3 is 0 Å². The molecule has 2 rings (SSSR count). The molecule has 2 aromatic rings. The van der Waals surface area contributed by atoms with E-state index in [2.05, 4.69) is 26.0 Å². The minimum absolute atomic E-state index is 0.293. The van der Waals surface area contributed by atoms with Gasteiger partial charge in [-0.3, -0.25) is 0 Å². The van der Waals surface area contributed by atoms with E-state index >= 15 is 0 Å². The molecule has 5 nitrogen and oxygen atoms in total. The van der Waals surface area contributed by atoms with Gasteiger partial charge in [-0.25, -0.2) is 14.1 Å². The standard InChI is InChI=1S/C9H7BrFN3.N2/c1-6-12-5-13-14(6)9-4-7(11)2-3-8(9)10;1-2/h2-5H,1H3;. The average Bonchev–Trinajstić information content (AvgIpc) is 2.71. The molecule has 1 aromatic heterocycles. The maximum absolute atomic E-state index is 13.0. The van der Waals surface area contributed by atoms with Gasteiger partial charge in [0.1, 0.15) is 18.0 Å². The van der Waals surface area contributed by atoms with E-state index in [0.29, 0.717) is 5.69 Å². The average molecular weight is 284 g/mol. The second kappa shape index (κ2) is 5.32. The Labute approximate surface area is 99.5 Å². The van der Waals surface area contributed by atoms with E-state index in [1.54, 1.807) is 10.7 Å². The number of aryl methyl sites for hydroxylation is 1. The number of halogens is 2. The molecule has 7 heteroatoms. The summed E-state index contributed by atoms with van der Waals surface area (Å²) < 4.78 is 15.3. The Morgan fingerprint density at radius 3 is 2.62 bits per heavy atom. The van der Waals surface area contributed by atoms with E-state index in [0.717, 1.165) is 10.3 Å². The molecule has 0 amide bonds. The Morgan fingerprint density at radius 1 is 1.38 bits per heavy atom. The lowest BCUT2D eigenvalue weighted by atomic mass is 10.3. The van der Waals surface area contributed by atoms with Crippen molar-refractivity contribution in [2.24, 2.45) is 0 Å². The highest BCUT2D eigenvalue weighted by Gasteiger charge is 2.07. The topological polar surface area (TPSA) is 78.3 Å². The molecule has 0 saturated heterocycles. The minimum Gasteiger partial charge on any atom is -0.220 e. The zero-order valence-corrected chi connectivity index (χ0v) is 9.89. The molecule has 0 aliphatic heterocycles. The number of hydrogen-bond donors (Lipinski definition) is 0. The van der Waals surface area contributed by atoms with Crippen LogP contribution in [0.5, 0.6) is 0 Å². The summed E-state index contributed by atoms with van der Waals surface area (Å²) in [5.74, 6) is 0.425. The van der Waals surface area contributed by atoms with E-state index in [-0.39, 0.29) is 5.82 Å². The van der Waals surface area contributed by atoms with Gasteiger partial charge in [-0.1, -0.05) is 0 Å². The van der Waals surface area contributed by atoms with Gasteiger partial charge in [0.2, 0.25) is 0 Å². The molecule has 0 aliphatic rings. The molecule has 0 radical (unpaired) electrons. The lowest BCUT2D eigenvalue weighted by molar-refractivity contribution is 0.624. The number of nitrogens with zero attached hydrogens (tertiary/aromatic N) is 5. The first-order valence-electron chi connectivity index (χ1n) is 4.20. The van der Waals surface area contributed by atoms with Crippen LogP contribution in [0, 0.1) is 23.5 Å². The Morgan fingerprint density at radius 2 is 2.06 bits per heavy atom. The summed E-state index contributed by atoms with van der Waals surface area (Å²) in [7, 11) is 0. The summed E-state index contributed by atoms with van der Waals surface area (Å²) in [6, 6.07) is 4.44. The van der Waals surface area contributed by atoms with Crippen LogP contribution in [0.1, 0.15) is 5.82 Å². The van der Waals surface area contributed by atoms with Crippen LogP contribution in [-0.2, 0) is 0 Å². The predicted molar refractivity (Wildman–Crippen MR) is 57.2 cm³/mol. The maximum Gasteiger partial charge on any atom is 0.138 e. The van der Waals surface area contributed by atoms with Gasteiger partial charge in [0, 0.05) is 21.3 Å². The third-order valence-electron chi connectivity index (χ3n) is 1.85. The summed E-state index contributed by atoms with van der Waals surface area (Å²) in [6.45, 7) is 1.81. The SMILES string of the molecule is Cc1ncnn1-c1cc(F)ccc1Br.N#N. The van der Waals surface area contributed by atoms with Gasteiger partial charge in [0.15, 0.2) is 0 Å². The van der Waals surface area contributed by atoms with Crippen LogP contribution < -0.4 is 0 Å². The van der Waals surface area contributed by atoms with Crippen LogP contribution in [0.2, 0.25) is 0 Å². The van der Waals surface area contributed by atoms with Crippen molar-refractivity contribution in [1.82, 2.24) is 14.8 Å². The van der Waals surface area contributed by atoms with Gasteiger partial charge in [0.25, 0.3) is 0 Å². The van der Waals surface area contributed by atoms with Gasteiger partial charge in [-0.15, -0.1) is 0 Å². The second-order valence-corrected chi connectivity index (χ2v) is 3.67. The number of benzene rings is 1. The highest BCUT2D eigenvalue weighted by atomic mass is 79.9. The van der Waals surface area contributed by atoms with Crippen molar-refractivity contribution >= 4 is 15.9 Å². The molecule has 16 heavy (non-hydrogen) atoms. The lowest BCUT2D eigenvalue weighted by Crippen LogP contribution is -2.00. The predicted octanol–water partition coefficient (Wildman–Crippen LogP) is 2.51. The molecule has 0 unspecified atom stereocenters. The second-order valence-electron chi connectivity index (χ2n) is 2.81. The molecule has 0 N–H and O–H groups in total. The Kier molecular flexibility index (Phi) is 4.08. The minimum atomic E-state index is -0.293. The first-order valence-corrected chi connectivity index (χ1v) is 5.00. The first kappa shape index (κ1) is 12.3. The Bertz CT molecular complexity index is 508. The molecule has 1 aromatic carbocycles. The van der Waals surface area contributed by atoms with Crippen LogP contribution in [-0.4, -0.2) is 14.8 Å². The fourth-order valence-electron chi connectivity index (χ4n) is 1.18. The molecule has 1 heterocycles. The third kappa shape index (κ3) is 2.41. The number of aromatic nitrogens is 3. The van der Waals surface area contributed by atoms with Gasteiger partial charge >= 0.3 is 0 Å². The van der Waals surface area contributed by atoms with Crippen molar-refractivity contribution in [2.75, 3.05) is 0 Å². The third-order valence-corrected chi connectivity index (χ3v) is 2.53. The molecule has 0 aliphatic carbocycles. The summed E-state index contributed by atoms with van der Waals surface area (Å²) in [5, 5.41) is 16.0. The fraction of sp³-hybridized carbons (Fsp3) is 0.111. The molecule has 0 atom stereocenters. The van der Waals surface area contributed by atoms with E-state index in [1.165, 1.54) is 18.5 Å². The molecular formula is C9H7BrFN5. The molecule has 0 fully saturated rings. The van der Waals surface area contributed by atoms with Crippen molar-refractivity contribution in [3.05, 3.63) is 40.6 Å². The molecular weight excluding hydrogens is 277 g/mol. The van der Waals surface area contributed by atoms with Crippen molar-refractivity contribution in [1.29, 1.82) is 10.8 Å². The van der Waals surface area contributed by atoms with E-state index in [9.17, 15) is 4.39 Å². The summed E-state index contributed by atoms with van der Waals surface area (Å²) >= 11 is 3.33. The van der Waals surface area contributed by atoms with Crippen molar-refractivity contribution in [2.45, 2.75) is 6.92 Å². The van der Waals surface area contributed by atoms with Crippen LogP contribution in [0.25, 0.3) is 5.69 Å². The molecule has 0 bridgehead atoms. The van der Waals surface area contributed by atoms with Crippen LogP contribution >= 0.6 is 15.9 Å². The normalized spacial score (nSPS) is 9.31. The largest absolute Gasteiger partial charge is 0.220 e. The van der Waals surface area contributed by atoms with Gasteiger partial charge in [-0.05, 0) is 35.0 Å². The fourth-order valence-corrected chi connectivity index (χ4v) is 1.60. The Hall–Kier alpha value is -1.81. The summed E-state index contributed by atoms with van der Waals surface area (Å²) in [4.78, 5) is 3.97. The highest BCUT2D eigenvalue weighted by molar-refractivity contribution is 9.10. The summed E-state index contributed by atoms with van der Waals surface area (Å²) in [5.41, 5.74) is 0.653. The van der Waals surface area contributed by atoms with E-state index in [4.69, 9.17) is 10.8 Å². The molecule has 0 spiro atoms. The van der Waals surface area contributed by atoms with Gasteiger partial charge in [-0.2, -0.15) is 5.10 Å². The van der Waals surface area contributed by atoms with Gasteiger partial charge in [0.05, 0.1) is 5.69 Å². The van der Waals surface area contributed by atoms with E-state index < -0.39 is 0 Å². The molecule has 82 valence electrons. The van der Waals surface area contributed by atoms with Crippen molar-refractivity contribution in [3.8, 4) is 5.69 Å². The monoisotopic (exact) mass is 283 g/mol. The number of hydrogen-bond acceptors (Lipinski definition) is 4. The Balaban J connectivity index is 0.000000606. The zero-order chi connectivity index (χ0) is 12.1. The number of rotatable bonds is 1. The molecule has 0 saturated carbocycles. The van der Waals surface area contributed by atoms with E-state index in [1.807, 2.05) is 6.92 Å². The first-order chi connectivity index (χ1) is 7.68. The summed E-state index contributed by atoms with van der Waals surface area (Å²) in [6.07, 6.45) is 1.44. The smallest absolute Gasteiger partial charge is 0.138 e. The van der Waals surface area contributed by atoms with Crippen LogP contribution in [0.15, 0.2) is 29.0 Å².